The zero-order chi connectivity index (χ0) is 15.6. The zero-order valence-corrected chi connectivity index (χ0v) is 13.9. The van der Waals surface area contributed by atoms with Gasteiger partial charge in [0.2, 0.25) is 0 Å². The molecule has 0 saturated heterocycles. The molecule has 2 aliphatic carbocycles. The van der Waals surface area contributed by atoms with Gasteiger partial charge in [-0.1, -0.05) is 19.3 Å². The molecule has 1 unspecified atom stereocenters. The van der Waals surface area contributed by atoms with Crippen LogP contribution < -0.4 is 10.6 Å². The number of aryl methyl sites for hydroxylation is 1. The van der Waals surface area contributed by atoms with Gasteiger partial charge < -0.3 is 15.7 Å². The Morgan fingerprint density at radius 3 is 2.77 bits per heavy atom. The first-order valence-electron chi connectivity index (χ1n) is 8.25. The second kappa shape index (κ2) is 6.54. The molecule has 6 heteroatoms. The molecule has 2 saturated carbocycles. The number of hydrogen-bond acceptors (Lipinski definition) is 4. The zero-order valence-electron chi connectivity index (χ0n) is 13.1. The molecule has 5 nitrogen and oxygen atoms in total. The topological polar surface area (TPSA) is 74.2 Å². The average Bonchev–Trinajstić information content (AvgIpc) is 3.25. The predicted molar refractivity (Wildman–Crippen MR) is 86.9 cm³/mol. The molecule has 122 valence electrons. The van der Waals surface area contributed by atoms with Crippen LogP contribution in [0.5, 0.6) is 0 Å². The molecule has 3 N–H and O–H groups in total. The van der Waals surface area contributed by atoms with E-state index in [4.69, 9.17) is 0 Å². The van der Waals surface area contributed by atoms with Gasteiger partial charge in [-0.15, -0.1) is 11.3 Å². The molecule has 1 atom stereocenters. The molecular formula is C16H25N3O2S. The smallest absolute Gasteiger partial charge is 0.315 e. The molecular weight excluding hydrogens is 298 g/mol. The molecule has 3 rings (SSSR count). The van der Waals surface area contributed by atoms with E-state index in [0.717, 1.165) is 43.5 Å². The summed E-state index contributed by atoms with van der Waals surface area (Å²) in [6.45, 7) is 2.37. The third-order valence-electron chi connectivity index (χ3n) is 4.65. The Kier molecular flexibility index (Phi) is 4.68. The molecule has 0 bridgehead atoms. The molecule has 0 radical (unpaired) electrons. The fourth-order valence-electron chi connectivity index (χ4n) is 3.15. The highest BCUT2D eigenvalue weighted by Crippen LogP contribution is 2.42. The number of aliphatic hydroxyl groups is 1. The number of aromatic nitrogens is 1. The summed E-state index contributed by atoms with van der Waals surface area (Å²) in [5.74, 6) is 0.508. The Balaban J connectivity index is 1.53. The van der Waals surface area contributed by atoms with E-state index in [0.29, 0.717) is 12.5 Å². The Hall–Kier alpha value is -1.14. The van der Waals surface area contributed by atoms with Gasteiger partial charge in [-0.3, -0.25) is 0 Å². The number of urea groups is 1. The van der Waals surface area contributed by atoms with Crippen LogP contribution in [0.4, 0.5) is 4.79 Å². The van der Waals surface area contributed by atoms with E-state index in [1.54, 1.807) is 11.3 Å². The minimum atomic E-state index is -0.720. The molecule has 1 heterocycles. The Morgan fingerprint density at radius 2 is 2.18 bits per heavy atom. The van der Waals surface area contributed by atoms with Gasteiger partial charge in [0.15, 0.2) is 0 Å². The number of carbonyl (C=O) groups excluding carboxylic acids is 1. The van der Waals surface area contributed by atoms with E-state index >= 15 is 0 Å². The Labute approximate surface area is 135 Å². The van der Waals surface area contributed by atoms with Crippen molar-refractivity contribution in [2.75, 3.05) is 6.54 Å². The van der Waals surface area contributed by atoms with Crippen molar-refractivity contribution in [3.05, 3.63) is 16.1 Å². The maximum absolute atomic E-state index is 12.2. The van der Waals surface area contributed by atoms with E-state index in [1.165, 1.54) is 11.3 Å². The number of carbonyl (C=O) groups is 1. The molecule has 2 aliphatic rings. The molecule has 1 aromatic heterocycles. The summed E-state index contributed by atoms with van der Waals surface area (Å²) in [7, 11) is 0. The molecule has 2 fully saturated rings. The first kappa shape index (κ1) is 15.7. The first-order chi connectivity index (χ1) is 10.6. The fraction of sp³-hybridized carbons (Fsp3) is 0.750. The third kappa shape index (κ3) is 3.98. The van der Waals surface area contributed by atoms with Gasteiger partial charge in [-0.25, -0.2) is 9.78 Å². The summed E-state index contributed by atoms with van der Waals surface area (Å²) in [6.07, 6.45) is 8.99. The van der Waals surface area contributed by atoms with Gasteiger partial charge >= 0.3 is 6.03 Å². The van der Waals surface area contributed by atoms with Crippen molar-refractivity contribution in [2.24, 2.45) is 5.92 Å². The molecule has 0 aromatic carbocycles. The highest BCUT2D eigenvalue weighted by atomic mass is 32.1. The number of thiazole rings is 1. The van der Waals surface area contributed by atoms with Crippen LogP contribution in [0.15, 0.2) is 6.20 Å². The summed E-state index contributed by atoms with van der Waals surface area (Å²) in [6, 6.07) is -0.177. The summed E-state index contributed by atoms with van der Waals surface area (Å²) in [5, 5.41) is 17.3. The second-order valence-corrected chi connectivity index (χ2v) is 8.00. The van der Waals surface area contributed by atoms with Crippen LogP contribution in [0, 0.1) is 12.8 Å². The maximum Gasteiger partial charge on any atom is 0.315 e. The maximum atomic E-state index is 12.2. The second-order valence-electron chi connectivity index (χ2n) is 6.74. The Bertz CT molecular complexity index is 521. The number of nitrogens with zero attached hydrogens (tertiary/aromatic N) is 1. The largest absolute Gasteiger partial charge is 0.388 e. The predicted octanol–water partition coefficient (Wildman–Crippen LogP) is 2.90. The van der Waals surface area contributed by atoms with Gasteiger partial charge in [0.1, 0.15) is 5.01 Å². The number of nitrogens with one attached hydrogen (secondary N) is 2. The van der Waals surface area contributed by atoms with Gasteiger partial charge in [-0.05, 0) is 38.5 Å². The molecule has 22 heavy (non-hydrogen) atoms. The summed E-state index contributed by atoms with van der Waals surface area (Å²) in [4.78, 5) is 17.8. The molecule has 1 aromatic rings. The van der Waals surface area contributed by atoms with Crippen LogP contribution in [0.25, 0.3) is 0 Å². The lowest BCUT2D eigenvalue weighted by Crippen LogP contribution is -2.48. The van der Waals surface area contributed by atoms with E-state index in [9.17, 15) is 9.90 Å². The van der Waals surface area contributed by atoms with Gasteiger partial charge in [0, 0.05) is 17.6 Å². The minimum Gasteiger partial charge on any atom is -0.388 e. The quantitative estimate of drug-likeness (QED) is 0.780. The van der Waals surface area contributed by atoms with Crippen LogP contribution in [-0.2, 0) is 0 Å². The molecule has 0 aliphatic heterocycles. The van der Waals surface area contributed by atoms with E-state index in [-0.39, 0.29) is 12.1 Å². The van der Waals surface area contributed by atoms with Gasteiger partial charge in [0.25, 0.3) is 0 Å². The highest BCUT2D eigenvalue weighted by Gasteiger charge is 2.36. The number of rotatable bonds is 5. The fourth-order valence-corrected chi connectivity index (χ4v) is 4.07. The Morgan fingerprint density at radius 1 is 1.45 bits per heavy atom. The minimum absolute atomic E-state index is 0.0136. The lowest BCUT2D eigenvalue weighted by Gasteiger charge is -2.32. The molecule has 2 amide bonds. The van der Waals surface area contributed by atoms with Crippen molar-refractivity contribution in [3.8, 4) is 0 Å². The normalized spacial score (nSPS) is 22.1. The van der Waals surface area contributed by atoms with Crippen LogP contribution in [-0.4, -0.2) is 28.3 Å². The van der Waals surface area contributed by atoms with Gasteiger partial charge in [0.05, 0.1) is 11.6 Å². The number of hydrogen-bond donors (Lipinski definition) is 3. The monoisotopic (exact) mass is 323 g/mol. The molecule has 0 spiro atoms. The van der Waals surface area contributed by atoms with Gasteiger partial charge in [-0.2, -0.15) is 0 Å². The van der Waals surface area contributed by atoms with Crippen molar-refractivity contribution in [1.82, 2.24) is 15.6 Å². The van der Waals surface area contributed by atoms with Crippen LogP contribution in [0.2, 0.25) is 0 Å². The van der Waals surface area contributed by atoms with Crippen LogP contribution in [0.1, 0.15) is 60.9 Å². The average molecular weight is 323 g/mol. The highest BCUT2D eigenvalue weighted by molar-refractivity contribution is 7.11. The lowest BCUT2D eigenvalue weighted by atomic mass is 9.85. The van der Waals surface area contributed by atoms with Crippen LogP contribution >= 0.6 is 11.3 Å². The third-order valence-corrected chi connectivity index (χ3v) is 5.64. The lowest BCUT2D eigenvalue weighted by molar-refractivity contribution is 0.00711. The van der Waals surface area contributed by atoms with Crippen molar-refractivity contribution < 1.29 is 9.90 Å². The summed E-state index contributed by atoms with van der Waals surface area (Å²) < 4.78 is 0. The standard InChI is InChI=1S/C16H25N3O2S/c1-11-9-17-14(22-11)13(12-5-6-12)19-15(20)18-10-16(21)7-3-2-4-8-16/h9,12-13,21H,2-8,10H2,1H3,(H2,18,19,20). The first-order valence-corrected chi connectivity index (χ1v) is 9.06. The SMILES string of the molecule is Cc1cnc(C(NC(=O)NCC2(O)CCCCC2)C2CC2)s1. The summed E-state index contributed by atoms with van der Waals surface area (Å²) in [5.41, 5.74) is -0.720. The van der Waals surface area contributed by atoms with Crippen molar-refractivity contribution in [2.45, 2.75) is 63.5 Å². The van der Waals surface area contributed by atoms with E-state index < -0.39 is 5.60 Å². The van der Waals surface area contributed by atoms with E-state index in [1.807, 2.05) is 13.1 Å². The van der Waals surface area contributed by atoms with Crippen LogP contribution in [0.3, 0.4) is 0 Å². The summed E-state index contributed by atoms with van der Waals surface area (Å²) >= 11 is 1.65. The number of amides is 2. The van der Waals surface area contributed by atoms with E-state index in [2.05, 4.69) is 15.6 Å². The van der Waals surface area contributed by atoms with Crippen molar-refractivity contribution in [3.63, 3.8) is 0 Å². The van der Waals surface area contributed by atoms with Crippen molar-refractivity contribution in [1.29, 1.82) is 0 Å². The van der Waals surface area contributed by atoms with Crippen molar-refractivity contribution >= 4 is 17.4 Å².